The zero-order chi connectivity index (χ0) is 17.8. The Labute approximate surface area is 156 Å². The molecule has 0 fully saturated rings. The van der Waals surface area contributed by atoms with E-state index in [0.717, 1.165) is 37.5 Å². The van der Waals surface area contributed by atoms with Crippen molar-refractivity contribution in [3.63, 3.8) is 0 Å². The number of aromatic nitrogens is 2. The maximum absolute atomic E-state index is 6.48. The first-order valence-corrected chi connectivity index (χ1v) is 9.19. The molecule has 0 radical (unpaired) electrons. The molecule has 0 amide bonds. The van der Waals surface area contributed by atoms with E-state index in [2.05, 4.69) is 34.6 Å². The van der Waals surface area contributed by atoms with Crippen LogP contribution in [0.1, 0.15) is 32.7 Å². The molecular formula is C19H20ClN3OS. The van der Waals surface area contributed by atoms with Crippen molar-refractivity contribution in [3.05, 3.63) is 74.2 Å². The van der Waals surface area contributed by atoms with Gasteiger partial charge >= 0.3 is 0 Å². The van der Waals surface area contributed by atoms with Crippen LogP contribution in [0.5, 0.6) is 5.75 Å². The third kappa shape index (κ3) is 4.18. The van der Waals surface area contributed by atoms with Gasteiger partial charge in [-0.1, -0.05) is 35.9 Å². The van der Waals surface area contributed by atoms with Gasteiger partial charge in [0.25, 0.3) is 0 Å². The van der Waals surface area contributed by atoms with E-state index < -0.39 is 0 Å². The molecule has 0 saturated heterocycles. The first-order chi connectivity index (χ1) is 12.1. The van der Waals surface area contributed by atoms with Gasteiger partial charge in [0.15, 0.2) is 0 Å². The highest BCUT2D eigenvalue weighted by Gasteiger charge is 2.19. The van der Waals surface area contributed by atoms with Crippen molar-refractivity contribution in [2.24, 2.45) is 0 Å². The average molecular weight is 374 g/mol. The van der Waals surface area contributed by atoms with Gasteiger partial charge in [-0.25, -0.2) is 0 Å². The molecule has 6 heteroatoms. The van der Waals surface area contributed by atoms with Crippen LogP contribution in [0.3, 0.4) is 0 Å². The van der Waals surface area contributed by atoms with Gasteiger partial charge in [-0.05, 0) is 48.7 Å². The van der Waals surface area contributed by atoms with Crippen LogP contribution in [-0.2, 0) is 6.54 Å². The molecule has 4 nitrogen and oxygen atoms in total. The van der Waals surface area contributed by atoms with Crippen LogP contribution in [0.4, 0.5) is 0 Å². The topological polar surface area (TPSA) is 47.0 Å². The summed E-state index contributed by atoms with van der Waals surface area (Å²) in [5.41, 5.74) is 3.35. The van der Waals surface area contributed by atoms with Crippen molar-refractivity contribution >= 4 is 22.9 Å². The zero-order valence-corrected chi connectivity index (χ0v) is 16.0. The summed E-state index contributed by atoms with van der Waals surface area (Å²) in [7, 11) is 1.68. The summed E-state index contributed by atoms with van der Waals surface area (Å²) in [6.45, 7) is 4.67. The number of nitrogens with zero attached hydrogens (tertiary/aromatic N) is 2. The Bertz CT molecular complexity index is 865. The highest BCUT2D eigenvalue weighted by Crippen LogP contribution is 2.32. The van der Waals surface area contributed by atoms with Crippen LogP contribution >= 0.6 is 22.9 Å². The molecule has 0 bridgehead atoms. The standard InChI is InChI=1S/C19H20ClN3OS/c1-12-10-14(24-3)8-9-15(12)19(16-6-4-5-7-17(16)20)21-11-18-23-22-13(2)25-18/h4-10,19,21H,11H2,1-3H3. The van der Waals surface area contributed by atoms with Crippen molar-refractivity contribution in [1.29, 1.82) is 0 Å². The van der Waals surface area contributed by atoms with Gasteiger partial charge in [0.05, 0.1) is 19.7 Å². The summed E-state index contributed by atoms with van der Waals surface area (Å²) in [5, 5.41) is 14.5. The van der Waals surface area contributed by atoms with Crippen molar-refractivity contribution in [2.75, 3.05) is 7.11 Å². The number of hydrogen-bond acceptors (Lipinski definition) is 5. The number of nitrogens with one attached hydrogen (secondary N) is 1. The van der Waals surface area contributed by atoms with Gasteiger partial charge in [-0.3, -0.25) is 5.32 Å². The van der Waals surface area contributed by atoms with Crippen LogP contribution in [0.25, 0.3) is 0 Å². The van der Waals surface area contributed by atoms with Gasteiger partial charge in [0.1, 0.15) is 15.8 Å². The monoisotopic (exact) mass is 373 g/mol. The Morgan fingerprint density at radius 2 is 1.92 bits per heavy atom. The third-order valence-electron chi connectivity index (χ3n) is 4.03. The lowest BCUT2D eigenvalue weighted by molar-refractivity contribution is 0.414. The van der Waals surface area contributed by atoms with E-state index in [4.69, 9.17) is 16.3 Å². The van der Waals surface area contributed by atoms with Crippen molar-refractivity contribution in [1.82, 2.24) is 15.5 Å². The highest BCUT2D eigenvalue weighted by atomic mass is 35.5. The Morgan fingerprint density at radius 3 is 2.56 bits per heavy atom. The predicted molar refractivity (Wildman–Crippen MR) is 103 cm³/mol. The van der Waals surface area contributed by atoms with E-state index in [9.17, 15) is 0 Å². The number of benzene rings is 2. The molecular weight excluding hydrogens is 354 g/mol. The fourth-order valence-corrected chi connectivity index (χ4v) is 3.70. The SMILES string of the molecule is COc1ccc(C(NCc2nnc(C)s2)c2ccccc2Cl)c(C)c1. The van der Waals surface area contributed by atoms with Crippen LogP contribution in [0.2, 0.25) is 5.02 Å². The van der Waals surface area contributed by atoms with Crippen LogP contribution in [0.15, 0.2) is 42.5 Å². The second-order valence-electron chi connectivity index (χ2n) is 5.77. The molecule has 0 aliphatic rings. The van der Waals surface area contributed by atoms with Gasteiger partial charge in [0, 0.05) is 5.02 Å². The second-order valence-corrected chi connectivity index (χ2v) is 7.45. The molecule has 25 heavy (non-hydrogen) atoms. The first kappa shape index (κ1) is 17.9. The Balaban J connectivity index is 1.95. The van der Waals surface area contributed by atoms with Gasteiger partial charge in [0.2, 0.25) is 0 Å². The van der Waals surface area contributed by atoms with Gasteiger partial charge in [-0.2, -0.15) is 0 Å². The summed E-state index contributed by atoms with van der Waals surface area (Å²) in [6, 6.07) is 14.0. The van der Waals surface area contributed by atoms with Gasteiger partial charge in [-0.15, -0.1) is 21.5 Å². The minimum absolute atomic E-state index is 0.0381. The van der Waals surface area contributed by atoms with E-state index in [1.54, 1.807) is 18.4 Å². The molecule has 0 aliphatic carbocycles. The summed E-state index contributed by atoms with van der Waals surface area (Å²) < 4.78 is 5.33. The zero-order valence-electron chi connectivity index (χ0n) is 14.4. The molecule has 0 spiro atoms. The van der Waals surface area contributed by atoms with Crippen LogP contribution in [-0.4, -0.2) is 17.3 Å². The third-order valence-corrected chi connectivity index (χ3v) is 5.21. The van der Waals surface area contributed by atoms with Crippen molar-refractivity contribution in [3.8, 4) is 5.75 Å². The maximum Gasteiger partial charge on any atom is 0.131 e. The number of halogens is 1. The largest absolute Gasteiger partial charge is 0.497 e. The lowest BCUT2D eigenvalue weighted by Gasteiger charge is -2.22. The minimum Gasteiger partial charge on any atom is -0.497 e. The molecule has 3 rings (SSSR count). The van der Waals surface area contributed by atoms with Crippen molar-refractivity contribution in [2.45, 2.75) is 26.4 Å². The molecule has 3 aromatic rings. The van der Waals surface area contributed by atoms with E-state index >= 15 is 0 Å². The molecule has 130 valence electrons. The normalized spacial score (nSPS) is 12.2. The lowest BCUT2D eigenvalue weighted by Crippen LogP contribution is -2.23. The molecule has 0 aliphatic heterocycles. The second kappa shape index (κ2) is 7.95. The lowest BCUT2D eigenvalue weighted by atomic mass is 9.94. The van der Waals surface area contributed by atoms with Crippen LogP contribution in [0, 0.1) is 13.8 Å². The summed E-state index contributed by atoms with van der Waals surface area (Å²) in [6.07, 6.45) is 0. The Hall–Kier alpha value is -1.95. The number of rotatable bonds is 6. The van der Waals surface area contributed by atoms with E-state index in [1.165, 1.54) is 0 Å². The first-order valence-electron chi connectivity index (χ1n) is 8.00. The fourth-order valence-electron chi connectivity index (χ4n) is 2.79. The Kier molecular flexibility index (Phi) is 5.68. The quantitative estimate of drug-likeness (QED) is 0.680. The number of methoxy groups -OCH3 is 1. The van der Waals surface area contributed by atoms with E-state index in [1.807, 2.05) is 37.3 Å². The fraction of sp³-hybridized carbons (Fsp3) is 0.263. The molecule has 1 atom stereocenters. The summed E-state index contributed by atoms with van der Waals surface area (Å²) in [5.74, 6) is 0.846. The minimum atomic E-state index is -0.0381. The Morgan fingerprint density at radius 1 is 1.12 bits per heavy atom. The number of aryl methyl sites for hydroxylation is 2. The highest BCUT2D eigenvalue weighted by molar-refractivity contribution is 7.11. The van der Waals surface area contributed by atoms with E-state index in [-0.39, 0.29) is 6.04 Å². The maximum atomic E-state index is 6.48. The van der Waals surface area contributed by atoms with E-state index in [0.29, 0.717) is 6.54 Å². The smallest absolute Gasteiger partial charge is 0.131 e. The summed E-state index contributed by atoms with van der Waals surface area (Å²) >= 11 is 8.07. The molecule has 1 aromatic heterocycles. The summed E-state index contributed by atoms with van der Waals surface area (Å²) in [4.78, 5) is 0. The average Bonchev–Trinajstić information content (AvgIpc) is 3.02. The molecule has 1 N–H and O–H groups in total. The van der Waals surface area contributed by atoms with Crippen LogP contribution < -0.4 is 10.1 Å². The predicted octanol–water partition coefficient (Wildman–Crippen LogP) is 4.70. The molecule has 1 heterocycles. The molecule has 2 aromatic carbocycles. The number of hydrogen-bond donors (Lipinski definition) is 1. The number of ether oxygens (including phenoxy) is 1. The van der Waals surface area contributed by atoms with Crippen molar-refractivity contribution < 1.29 is 4.74 Å². The van der Waals surface area contributed by atoms with Gasteiger partial charge < -0.3 is 4.74 Å². The molecule has 0 saturated carbocycles. The molecule has 1 unspecified atom stereocenters.